The number of benzene rings is 4. The van der Waals surface area contributed by atoms with E-state index in [0.717, 1.165) is 6.33 Å². The van der Waals surface area contributed by atoms with Crippen molar-refractivity contribution >= 4 is 31.4 Å². The average molecular weight is 942 g/mol. The van der Waals surface area contributed by atoms with E-state index < -0.39 is 50.9 Å². The predicted octanol–water partition coefficient (Wildman–Crippen LogP) is 9.57. The van der Waals surface area contributed by atoms with Crippen molar-refractivity contribution in [2.24, 2.45) is 0 Å². The SMILES string of the molecule is COc1ccc(C(OC[C@H]2O[C@@H](n3cnc4c(NC(=O)c5ccccc5)ncnc43)[C@H](OC(F)(F)F)[C@@H]2OP(OCCC#N)N(C(C)C)C(C)C)(c2ccccc2)c2ccc(OC)cc2)cc1. The molecule has 352 valence electrons. The Bertz CT molecular complexity index is 2530. The summed E-state index contributed by atoms with van der Waals surface area (Å²) in [5.74, 6) is 0.706. The molecule has 4 aromatic carbocycles. The molecule has 0 saturated carbocycles. The summed E-state index contributed by atoms with van der Waals surface area (Å²) in [5, 5.41) is 12.2. The maximum absolute atomic E-state index is 14.9. The maximum atomic E-state index is 14.9. The highest BCUT2D eigenvalue weighted by Gasteiger charge is 2.55. The topological polar surface area (TPSA) is 164 Å². The molecule has 1 aliphatic heterocycles. The summed E-state index contributed by atoms with van der Waals surface area (Å²) < 4.78 is 91.0. The maximum Gasteiger partial charge on any atom is 0.523 e. The van der Waals surface area contributed by atoms with Gasteiger partial charge in [0.2, 0.25) is 0 Å². The molecule has 5 atom stereocenters. The van der Waals surface area contributed by atoms with E-state index in [1.165, 1.54) is 10.9 Å². The molecule has 0 radical (unpaired) electrons. The van der Waals surface area contributed by atoms with Gasteiger partial charge in [-0.1, -0.05) is 72.8 Å². The van der Waals surface area contributed by atoms with Gasteiger partial charge in [0.1, 0.15) is 41.7 Å². The molecule has 1 N–H and O–H groups in total. The second kappa shape index (κ2) is 21.7. The lowest BCUT2D eigenvalue weighted by Gasteiger charge is -2.39. The number of fused-ring (bicyclic) bond motifs is 1. The number of amides is 1. The summed E-state index contributed by atoms with van der Waals surface area (Å²) in [7, 11) is 0.939. The van der Waals surface area contributed by atoms with E-state index in [1.807, 2.05) is 87.0 Å². The first-order valence-corrected chi connectivity index (χ1v) is 22.6. The zero-order valence-corrected chi connectivity index (χ0v) is 38.6. The normalized spacial score (nSPS) is 18.1. The molecule has 1 fully saturated rings. The van der Waals surface area contributed by atoms with Crippen LogP contribution in [-0.4, -0.2) is 94.3 Å². The molecule has 19 heteroatoms. The van der Waals surface area contributed by atoms with E-state index in [4.69, 9.17) is 32.7 Å². The molecule has 0 bridgehead atoms. The molecule has 3 heterocycles. The number of halogens is 3. The van der Waals surface area contributed by atoms with E-state index in [0.29, 0.717) is 33.8 Å². The van der Waals surface area contributed by atoms with Gasteiger partial charge in [-0.15, -0.1) is 13.2 Å². The monoisotopic (exact) mass is 941 g/mol. The second-order valence-corrected chi connectivity index (χ2v) is 17.3. The molecular weight excluding hydrogens is 891 g/mol. The number of alkyl halides is 3. The number of imidazole rings is 1. The standard InChI is InChI=1S/C48H51F3N7O8P/c1-31(2)58(32(3)4)67(63-27-13-26-52)66-41-39(28-62-47(34-16-11-8-12-17-34,35-18-22-37(60-5)23-19-35)36-20-24-38(61-6)25-21-36)64-46(42(41)65-48(49,50)51)57-30-55-40-43(53-29-54-44(40)57)56-45(59)33-14-9-7-10-15-33/h7-12,14-25,29-32,39,41-42,46H,13,27-28H2,1-6H3,(H,53,54,56,59)/t39-,41-,42-,46-,67?/m1/s1. The van der Waals surface area contributed by atoms with Crippen molar-refractivity contribution in [1.82, 2.24) is 24.2 Å². The third kappa shape index (κ3) is 11.1. The van der Waals surface area contributed by atoms with Gasteiger partial charge in [-0.05, 0) is 80.8 Å². The van der Waals surface area contributed by atoms with Crippen LogP contribution in [0.15, 0.2) is 122 Å². The fourth-order valence-corrected chi connectivity index (χ4v) is 9.82. The third-order valence-electron chi connectivity index (χ3n) is 11.0. The summed E-state index contributed by atoms with van der Waals surface area (Å²) in [6.07, 6.45) is -9.18. The van der Waals surface area contributed by atoms with Gasteiger partial charge in [0.05, 0.1) is 46.3 Å². The number of hydrogen-bond acceptors (Lipinski definition) is 13. The number of carbonyl (C=O) groups is 1. The Hall–Kier alpha value is -6.03. The highest BCUT2D eigenvalue weighted by Crippen LogP contribution is 2.52. The Morgan fingerprint density at radius 1 is 0.836 bits per heavy atom. The first kappa shape index (κ1) is 48.9. The lowest BCUT2D eigenvalue weighted by molar-refractivity contribution is -0.355. The van der Waals surface area contributed by atoms with Crippen LogP contribution >= 0.6 is 8.53 Å². The third-order valence-corrected chi connectivity index (χ3v) is 13.1. The van der Waals surface area contributed by atoms with Crippen LogP contribution in [0.2, 0.25) is 0 Å². The van der Waals surface area contributed by atoms with Crippen LogP contribution in [0.1, 0.15) is 67.4 Å². The van der Waals surface area contributed by atoms with Gasteiger partial charge >= 0.3 is 6.36 Å². The zero-order chi connectivity index (χ0) is 47.7. The Morgan fingerprint density at radius 3 is 1.97 bits per heavy atom. The lowest BCUT2D eigenvalue weighted by atomic mass is 9.80. The van der Waals surface area contributed by atoms with Gasteiger partial charge in [-0.25, -0.2) is 19.6 Å². The van der Waals surface area contributed by atoms with Crippen LogP contribution in [0.5, 0.6) is 11.5 Å². The molecule has 1 saturated heterocycles. The number of hydrogen-bond donors (Lipinski definition) is 1. The number of nitriles is 1. The Morgan fingerprint density at radius 2 is 1.42 bits per heavy atom. The van der Waals surface area contributed by atoms with Gasteiger partial charge in [0.25, 0.3) is 14.4 Å². The molecule has 67 heavy (non-hydrogen) atoms. The lowest BCUT2D eigenvalue weighted by Crippen LogP contribution is -2.44. The molecule has 6 aromatic rings. The molecule has 1 amide bonds. The Balaban J connectivity index is 1.37. The molecule has 1 aliphatic rings. The van der Waals surface area contributed by atoms with E-state index >= 15 is 0 Å². The van der Waals surface area contributed by atoms with Crippen molar-refractivity contribution in [2.75, 3.05) is 32.8 Å². The summed E-state index contributed by atoms with van der Waals surface area (Å²) in [6.45, 7) is 7.20. The number of nitrogens with zero attached hydrogens (tertiary/aromatic N) is 6. The van der Waals surface area contributed by atoms with E-state index in [1.54, 1.807) is 68.8 Å². The summed E-state index contributed by atoms with van der Waals surface area (Å²) in [5.41, 5.74) is 1.06. The van der Waals surface area contributed by atoms with Crippen molar-refractivity contribution < 1.29 is 50.7 Å². The summed E-state index contributed by atoms with van der Waals surface area (Å²) in [4.78, 5) is 26.3. The summed E-state index contributed by atoms with van der Waals surface area (Å²) in [6, 6.07) is 34.0. The van der Waals surface area contributed by atoms with Gasteiger partial charge < -0.3 is 33.3 Å². The van der Waals surface area contributed by atoms with E-state index in [-0.39, 0.29) is 48.7 Å². The van der Waals surface area contributed by atoms with E-state index in [2.05, 4.69) is 26.3 Å². The number of rotatable bonds is 20. The van der Waals surface area contributed by atoms with Crippen molar-refractivity contribution in [3.63, 3.8) is 0 Å². The minimum atomic E-state index is -5.20. The minimum absolute atomic E-state index is 0.00176. The molecule has 1 unspecified atom stereocenters. The van der Waals surface area contributed by atoms with Crippen LogP contribution < -0.4 is 14.8 Å². The number of methoxy groups -OCH3 is 2. The number of carbonyl (C=O) groups excluding carboxylic acids is 1. The Kier molecular flexibility index (Phi) is 15.9. The quantitative estimate of drug-likeness (QED) is 0.0438. The number of aromatic nitrogens is 4. The van der Waals surface area contributed by atoms with Crippen molar-refractivity contribution in [2.45, 2.75) is 82.7 Å². The smallest absolute Gasteiger partial charge is 0.497 e. The highest BCUT2D eigenvalue weighted by atomic mass is 31.2. The largest absolute Gasteiger partial charge is 0.523 e. The van der Waals surface area contributed by atoms with Gasteiger partial charge in [-0.3, -0.25) is 14.1 Å². The molecule has 2 aromatic heterocycles. The zero-order valence-electron chi connectivity index (χ0n) is 37.7. The molecule has 7 rings (SSSR count). The molecule has 0 spiro atoms. The first-order chi connectivity index (χ1) is 32.3. The van der Waals surface area contributed by atoms with Crippen molar-refractivity contribution in [1.29, 1.82) is 5.26 Å². The van der Waals surface area contributed by atoms with Gasteiger partial charge in [0.15, 0.2) is 23.2 Å². The first-order valence-electron chi connectivity index (χ1n) is 21.5. The second-order valence-electron chi connectivity index (χ2n) is 15.9. The predicted molar refractivity (Wildman–Crippen MR) is 243 cm³/mol. The molecule has 15 nitrogen and oxygen atoms in total. The van der Waals surface area contributed by atoms with Crippen LogP contribution in [0.25, 0.3) is 11.2 Å². The van der Waals surface area contributed by atoms with Crippen LogP contribution in [0.3, 0.4) is 0 Å². The average Bonchev–Trinajstić information content (AvgIpc) is 3.90. The van der Waals surface area contributed by atoms with Crippen molar-refractivity contribution in [3.8, 4) is 17.6 Å². The number of ether oxygens (including phenoxy) is 5. The van der Waals surface area contributed by atoms with Gasteiger partial charge in [0, 0.05) is 17.6 Å². The highest BCUT2D eigenvalue weighted by molar-refractivity contribution is 7.44. The van der Waals surface area contributed by atoms with Crippen LogP contribution in [-0.2, 0) is 28.9 Å². The Labute approximate surface area is 387 Å². The summed E-state index contributed by atoms with van der Waals surface area (Å²) >= 11 is 0. The fourth-order valence-electron chi connectivity index (χ4n) is 8.05. The van der Waals surface area contributed by atoms with E-state index in [9.17, 15) is 23.2 Å². The number of anilines is 1. The minimum Gasteiger partial charge on any atom is -0.497 e. The van der Waals surface area contributed by atoms with Crippen molar-refractivity contribution in [3.05, 3.63) is 144 Å². The van der Waals surface area contributed by atoms with Gasteiger partial charge in [-0.2, -0.15) is 5.26 Å². The van der Waals surface area contributed by atoms with Crippen LogP contribution in [0.4, 0.5) is 19.0 Å². The van der Waals surface area contributed by atoms with Crippen LogP contribution in [0, 0.1) is 11.3 Å². The molecule has 0 aliphatic carbocycles. The fraction of sp³-hybridized carbons (Fsp3) is 0.354. The molecular formula is C48H51F3N7O8P. The number of nitrogens with one attached hydrogen (secondary N) is 1.